The number of amides is 1. The van der Waals surface area contributed by atoms with E-state index in [9.17, 15) is 22.8 Å². The number of ether oxygens (including phenoxy) is 1. The van der Waals surface area contributed by atoms with Crippen LogP contribution in [0.3, 0.4) is 0 Å². The van der Waals surface area contributed by atoms with Gasteiger partial charge in [-0.25, -0.2) is 4.79 Å². The summed E-state index contributed by atoms with van der Waals surface area (Å²) < 4.78 is 57.7. The lowest BCUT2D eigenvalue weighted by Gasteiger charge is -2.44. The number of halogens is 4. The first kappa shape index (κ1) is 31.5. The minimum Gasteiger partial charge on any atom is -0.466 e. The number of alkyl halides is 3. The highest BCUT2D eigenvalue weighted by Gasteiger charge is 2.42. The van der Waals surface area contributed by atoms with Crippen LogP contribution >= 0.6 is 34.7 Å². The summed E-state index contributed by atoms with van der Waals surface area (Å²) in [6, 6.07) is 3.55. The lowest BCUT2D eigenvalue weighted by Crippen LogP contribution is -2.58. The number of nitrogens with zero attached hydrogens (tertiary/aromatic N) is 5. The van der Waals surface area contributed by atoms with Crippen LogP contribution in [-0.2, 0) is 17.5 Å². The molecule has 1 aromatic carbocycles. The molecule has 9 nitrogen and oxygen atoms in total. The summed E-state index contributed by atoms with van der Waals surface area (Å²) in [5, 5.41) is 5.99. The van der Waals surface area contributed by atoms with Gasteiger partial charge in [-0.3, -0.25) is 9.36 Å². The number of hydrogen-bond acceptors (Lipinski definition) is 9. The molecule has 3 aromatic heterocycles. The summed E-state index contributed by atoms with van der Waals surface area (Å²) in [5.41, 5.74) is -2.28. The number of rotatable bonds is 5. The molecule has 6 rings (SSSR count). The second-order valence-electron chi connectivity index (χ2n) is 11.6. The van der Waals surface area contributed by atoms with Crippen LogP contribution < -0.4 is 15.3 Å². The monoisotopic (exact) mass is 679 g/mol. The van der Waals surface area contributed by atoms with E-state index in [1.54, 1.807) is 35.1 Å². The van der Waals surface area contributed by atoms with Crippen molar-refractivity contribution >= 4 is 57.3 Å². The smallest absolute Gasteiger partial charge is 0.417 e. The number of anilines is 1. The summed E-state index contributed by atoms with van der Waals surface area (Å²) in [5.74, 6) is 0.803. The molecule has 0 bridgehead atoms. The zero-order valence-corrected chi connectivity index (χ0v) is 27.2. The Kier molecular flexibility index (Phi) is 7.97. The van der Waals surface area contributed by atoms with Crippen molar-refractivity contribution in [3.05, 3.63) is 63.1 Å². The fourth-order valence-electron chi connectivity index (χ4n) is 6.18. The molecule has 0 unspecified atom stereocenters. The molecule has 2 aliphatic heterocycles. The Morgan fingerprint density at radius 1 is 1.24 bits per heavy atom. The van der Waals surface area contributed by atoms with Gasteiger partial charge in [-0.1, -0.05) is 18.2 Å². The van der Waals surface area contributed by atoms with Crippen molar-refractivity contribution in [2.45, 2.75) is 63.0 Å². The number of carbonyl (C=O) groups excluding carboxylic acids is 1. The highest BCUT2D eigenvalue weighted by molar-refractivity contribution is 7.99. The molecule has 3 atom stereocenters. The maximum absolute atomic E-state index is 15.0. The summed E-state index contributed by atoms with van der Waals surface area (Å²) >= 11 is 8.49. The highest BCUT2D eigenvalue weighted by Crippen LogP contribution is 2.50. The van der Waals surface area contributed by atoms with Crippen molar-refractivity contribution in [1.82, 2.24) is 19.6 Å². The normalized spacial score (nSPS) is 22.0. The highest BCUT2D eigenvalue weighted by atomic mass is 35.5. The second-order valence-corrected chi connectivity index (χ2v) is 14.0. The van der Waals surface area contributed by atoms with E-state index in [2.05, 4.69) is 16.7 Å². The van der Waals surface area contributed by atoms with E-state index in [0.29, 0.717) is 21.2 Å². The van der Waals surface area contributed by atoms with Gasteiger partial charge in [0.15, 0.2) is 0 Å². The van der Waals surface area contributed by atoms with E-state index in [1.165, 1.54) is 28.5 Å². The molecule has 0 saturated carbocycles. The molecule has 2 aliphatic rings. The maximum atomic E-state index is 15.0. The van der Waals surface area contributed by atoms with Gasteiger partial charge in [-0.2, -0.15) is 18.2 Å². The van der Waals surface area contributed by atoms with Gasteiger partial charge in [0.25, 0.3) is 5.88 Å². The summed E-state index contributed by atoms with van der Waals surface area (Å²) in [4.78, 5) is 35.0. The van der Waals surface area contributed by atoms with E-state index < -0.39 is 23.0 Å². The molecule has 5 heterocycles. The number of benzene rings is 1. The Balaban J connectivity index is 1.60. The van der Waals surface area contributed by atoms with Crippen molar-refractivity contribution in [3.63, 3.8) is 0 Å². The molecule has 15 heteroatoms. The first-order valence-corrected chi connectivity index (χ1v) is 16.3. The van der Waals surface area contributed by atoms with Crippen LogP contribution in [0.15, 0.2) is 50.4 Å². The Hall–Kier alpha value is -3.49. The molecule has 1 amide bonds. The van der Waals surface area contributed by atoms with Gasteiger partial charge in [0.05, 0.1) is 22.6 Å². The molecule has 0 N–H and O–H groups in total. The third-order valence-corrected chi connectivity index (χ3v) is 10.7. The van der Waals surface area contributed by atoms with Crippen LogP contribution in [0.4, 0.5) is 19.0 Å². The van der Waals surface area contributed by atoms with Crippen LogP contribution in [0.2, 0.25) is 5.02 Å². The molecular formula is C30H29ClF3N5O4S2. The van der Waals surface area contributed by atoms with Gasteiger partial charge in [-0.05, 0) is 51.1 Å². The molecule has 238 valence electrons. The van der Waals surface area contributed by atoms with Gasteiger partial charge < -0.3 is 19.1 Å². The first-order chi connectivity index (χ1) is 21.2. The fourth-order valence-corrected chi connectivity index (χ4v) is 8.71. The largest absolute Gasteiger partial charge is 0.466 e. The lowest BCUT2D eigenvalue weighted by atomic mass is 10.00. The first-order valence-electron chi connectivity index (χ1n) is 14.1. The average Bonchev–Trinajstić information content (AvgIpc) is 3.54. The molecule has 0 radical (unpaired) electrons. The minimum absolute atomic E-state index is 0.00799. The van der Waals surface area contributed by atoms with E-state index in [1.807, 2.05) is 13.8 Å². The summed E-state index contributed by atoms with van der Waals surface area (Å²) in [7, 11) is 0. The van der Waals surface area contributed by atoms with Crippen LogP contribution in [0.1, 0.15) is 32.1 Å². The number of thiophene rings is 1. The molecule has 1 fully saturated rings. The number of piperazine rings is 1. The van der Waals surface area contributed by atoms with Crippen molar-refractivity contribution in [2.24, 2.45) is 0 Å². The molecular weight excluding hydrogens is 651 g/mol. The Labute approximate surface area is 269 Å². The molecule has 0 spiro atoms. The van der Waals surface area contributed by atoms with Crippen molar-refractivity contribution in [3.8, 4) is 16.3 Å². The SMILES string of the molecule is C=CC(=O)N1[C@H](C)CN(c2nc(=O)n3c4c(c(-c5cc(Cl)cs5)c(C(F)(F)F)cc24)SC[C@](C)(Oc2cc(C)on2)C3)C[C@@H]1C. The Morgan fingerprint density at radius 2 is 1.96 bits per heavy atom. The molecule has 1 saturated heterocycles. The van der Waals surface area contributed by atoms with Crippen LogP contribution in [0.5, 0.6) is 5.88 Å². The number of aryl methyl sites for hydroxylation is 1. The van der Waals surface area contributed by atoms with Crippen LogP contribution in [0.25, 0.3) is 21.3 Å². The average molecular weight is 680 g/mol. The predicted molar refractivity (Wildman–Crippen MR) is 169 cm³/mol. The molecule has 45 heavy (non-hydrogen) atoms. The Morgan fingerprint density at radius 3 is 2.53 bits per heavy atom. The molecule has 0 aliphatic carbocycles. The predicted octanol–water partition coefficient (Wildman–Crippen LogP) is 6.65. The van der Waals surface area contributed by atoms with Crippen LogP contribution in [0, 0.1) is 6.92 Å². The van der Waals surface area contributed by atoms with Gasteiger partial charge >= 0.3 is 11.9 Å². The van der Waals surface area contributed by atoms with Crippen molar-refractivity contribution in [2.75, 3.05) is 23.7 Å². The van der Waals surface area contributed by atoms with Gasteiger partial charge in [0.2, 0.25) is 5.91 Å². The molecule has 4 aromatic rings. The maximum Gasteiger partial charge on any atom is 0.417 e. The van der Waals surface area contributed by atoms with E-state index in [4.69, 9.17) is 20.9 Å². The standard InChI is InChI=1S/C30H29ClF3N5O4S2/c1-6-23(40)39-15(2)10-37(11-16(39)3)27-19-9-20(30(32,33)34)24(21-8-18(31)12-44-21)26-25(19)38(28(41)35-27)13-29(5,14-45-26)42-22-7-17(4)43-36-22/h6-9,12,15-16H,1,10-11,13-14H2,2-5H3/t15-,16+,29-/m1/s1. The third kappa shape index (κ3) is 5.72. The second kappa shape index (κ2) is 11.4. The van der Waals surface area contributed by atoms with Gasteiger partial charge in [-0.15, -0.1) is 23.1 Å². The zero-order chi connectivity index (χ0) is 32.4. The lowest BCUT2D eigenvalue weighted by molar-refractivity contribution is -0.137. The number of carbonyl (C=O) groups is 1. The third-order valence-electron chi connectivity index (χ3n) is 7.94. The topological polar surface area (TPSA) is 93.7 Å². The number of aromatic nitrogens is 3. The van der Waals surface area contributed by atoms with Gasteiger partial charge in [0, 0.05) is 63.1 Å². The van der Waals surface area contributed by atoms with E-state index in [0.717, 1.165) is 17.4 Å². The van der Waals surface area contributed by atoms with Gasteiger partial charge in [0.1, 0.15) is 17.2 Å². The van der Waals surface area contributed by atoms with Crippen molar-refractivity contribution < 1.29 is 27.2 Å². The Bertz CT molecular complexity index is 1880. The van der Waals surface area contributed by atoms with E-state index in [-0.39, 0.29) is 70.9 Å². The zero-order valence-electron chi connectivity index (χ0n) is 24.8. The van der Waals surface area contributed by atoms with Crippen LogP contribution in [-0.4, -0.2) is 62.0 Å². The summed E-state index contributed by atoms with van der Waals surface area (Å²) in [6.07, 6.45) is -3.50. The minimum atomic E-state index is -4.74. The fraction of sp³-hybridized carbons (Fsp3) is 0.400. The summed E-state index contributed by atoms with van der Waals surface area (Å²) in [6.45, 7) is 11.3. The number of hydrogen-bond donors (Lipinski definition) is 0. The van der Waals surface area contributed by atoms with E-state index >= 15 is 0 Å². The quantitative estimate of drug-likeness (QED) is 0.217. The van der Waals surface area contributed by atoms with Crippen molar-refractivity contribution in [1.29, 1.82) is 0 Å². The number of thioether (sulfide) groups is 1.